The quantitative estimate of drug-likeness (QED) is 0.745. The molecule has 0 unspecified atom stereocenters. The van der Waals surface area contributed by atoms with E-state index in [0.717, 1.165) is 10.9 Å². The van der Waals surface area contributed by atoms with Crippen LogP contribution in [0.3, 0.4) is 0 Å². The number of nitrogens with zero attached hydrogens (tertiary/aromatic N) is 3. The maximum absolute atomic E-state index is 12.1. The van der Waals surface area contributed by atoms with Crippen LogP contribution >= 0.6 is 0 Å². The predicted octanol–water partition coefficient (Wildman–Crippen LogP) is 1.56. The molecule has 116 valence electrons. The number of amides is 1. The summed E-state index contributed by atoms with van der Waals surface area (Å²) in [6.45, 7) is 0.749. The molecule has 0 saturated heterocycles. The van der Waals surface area contributed by atoms with Gasteiger partial charge in [-0.1, -0.05) is 6.07 Å². The zero-order chi connectivity index (χ0) is 16.2. The Kier molecular flexibility index (Phi) is 4.01. The van der Waals surface area contributed by atoms with Crippen LogP contribution in [0.2, 0.25) is 0 Å². The second-order valence-corrected chi connectivity index (χ2v) is 4.94. The second-order valence-electron chi connectivity index (χ2n) is 4.94. The third kappa shape index (κ3) is 3.34. The van der Waals surface area contributed by atoms with Crippen molar-refractivity contribution in [3.8, 4) is 0 Å². The highest BCUT2D eigenvalue weighted by Gasteiger charge is 2.08. The monoisotopic (exact) mass is 310 g/mol. The standard InChI is InChI=1S/C16H14N4O3/c21-15(12-3-4-13-11(10-12)2-1-6-17-13)18-7-9-20-8-5-14(19-20)16(22)23/h1-6,8,10H,7,9H2,(H,18,21)(H,22,23). The summed E-state index contributed by atoms with van der Waals surface area (Å²) in [5.41, 5.74) is 1.37. The maximum Gasteiger partial charge on any atom is 0.356 e. The average Bonchev–Trinajstić information content (AvgIpc) is 3.03. The fraction of sp³-hybridized carbons (Fsp3) is 0.125. The fourth-order valence-electron chi connectivity index (χ4n) is 2.20. The highest BCUT2D eigenvalue weighted by molar-refractivity contribution is 5.97. The number of pyridine rings is 1. The van der Waals surface area contributed by atoms with Crippen LogP contribution in [0, 0.1) is 0 Å². The van der Waals surface area contributed by atoms with E-state index in [1.165, 1.54) is 10.7 Å². The number of hydrogen-bond donors (Lipinski definition) is 2. The van der Waals surface area contributed by atoms with E-state index in [-0.39, 0.29) is 11.6 Å². The second kappa shape index (κ2) is 6.27. The lowest BCUT2D eigenvalue weighted by Crippen LogP contribution is -2.27. The molecule has 0 fully saturated rings. The molecule has 0 bridgehead atoms. The van der Waals surface area contributed by atoms with Crippen molar-refractivity contribution < 1.29 is 14.7 Å². The van der Waals surface area contributed by atoms with Gasteiger partial charge in [0, 0.05) is 29.9 Å². The molecule has 0 aliphatic heterocycles. The highest BCUT2D eigenvalue weighted by Crippen LogP contribution is 2.13. The molecule has 0 saturated carbocycles. The highest BCUT2D eigenvalue weighted by atomic mass is 16.4. The number of hydrogen-bond acceptors (Lipinski definition) is 4. The Balaban J connectivity index is 1.60. The van der Waals surface area contributed by atoms with Crippen molar-refractivity contribution in [2.45, 2.75) is 6.54 Å². The van der Waals surface area contributed by atoms with Crippen LogP contribution in [0.15, 0.2) is 48.8 Å². The molecule has 2 aromatic heterocycles. The topological polar surface area (TPSA) is 97.1 Å². The van der Waals surface area contributed by atoms with Gasteiger partial charge in [-0.2, -0.15) is 5.10 Å². The van der Waals surface area contributed by atoms with Gasteiger partial charge in [0.15, 0.2) is 5.69 Å². The Morgan fingerprint density at radius 1 is 1.22 bits per heavy atom. The number of aromatic carboxylic acids is 1. The van der Waals surface area contributed by atoms with Gasteiger partial charge in [-0.3, -0.25) is 14.5 Å². The number of rotatable bonds is 5. The molecule has 0 aliphatic rings. The van der Waals surface area contributed by atoms with Crippen molar-refractivity contribution in [3.05, 3.63) is 60.0 Å². The molecule has 2 N–H and O–H groups in total. The molecular formula is C16H14N4O3. The maximum atomic E-state index is 12.1. The molecule has 2 heterocycles. The van der Waals surface area contributed by atoms with Crippen LogP contribution in [0.5, 0.6) is 0 Å². The Bertz CT molecular complexity index is 872. The summed E-state index contributed by atoms with van der Waals surface area (Å²) in [5.74, 6) is -1.26. The zero-order valence-corrected chi connectivity index (χ0v) is 12.1. The molecule has 0 radical (unpaired) electrons. The van der Waals surface area contributed by atoms with Gasteiger partial charge >= 0.3 is 5.97 Å². The predicted molar refractivity (Wildman–Crippen MR) is 83.3 cm³/mol. The van der Waals surface area contributed by atoms with Gasteiger partial charge in [0.25, 0.3) is 5.91 Å². The number of nitrogens with one attached hydrogen (secondary N) is 1. The molecule has 7 heteroatoms. The first-order valence-electron chi connectivity index (χ1n) is 7.03. The molecule has 0 spiro atoms. The number of carboxylic acids is 1. The molecule has 1 aromatic carbocycles. The number of carbonyl (C=O) groups is 2. The minimum atomic E-state index is -1.07. The minimum Gasteiger partial charge on any atom is -0.476 e. The van der Waals surface area contributed by atoms with Gasteiger partial charge in [0.2, 0.25) is 0 Å². The number of benzene rings is 1. The average molecular weight is 310 g/mol. The lowest BCUT2D eigenvalue weighted by atomic mass is 10.1. The molecule has 0 aliphatic carbocycles. The first kappa shape index (κ1) is 14.7. The van der Waals surface area contributed by atoms with Crippen LogP contribution in [0.4, 0.5) is 0 Å². The Hall–Kier alpha value is -3.22. The lowest BCUT2D eigenvalue weighted by molar-refractivity contribution is 0.0689. The number of fused-ring (bicyclic) bond motifs is 1. The van der Waals surface area contributed by atoms with E-state index in [4.69, 9.17) is 5.11 Å². The smallest absolute Gasteiger partial charge is 0.356 e. The number of carbonyl (C=O) groups excluding carboxylic acids is 1. The molecule has 3 aromatic rings. The Morgan fingerprint density at radius 2 is 2.09 bits per heavy atom. The van der Waals surface area contributed by atoms with Crippen LogP contribution in [-0.4, -0.2) is 38.3 Å². The van der Waals surface area contributed by atoms with Crippen LogP contribution < -0.4 is 5.32 Å². The first-order valence-corrected chi connectivity index (χ1v) is 7.03. The normalized spacial score (nSPS) is 10.6. The molecular weight excluding hydrogens is 296 g/mol. The van der Waals surface area contributed by atoms with Crippen LogP contribution in [-0.2, 0) is 6.54 Å². The summed E-state index contributed by atoms with van der Waals surface area (Å²) in [7, 11) is 0. The van der Waals surface area contributed by atoms with Gasteiger partial charge in [-0.15, -0.1) is 0 Å². The third-order valence-corrected chi connectivity index (χ3v) is 3.35. The van der Waals surface area contributed by atoms with Crippen LogP contribution in [0.25, 0.3) is 10.9 Å². The van der Waals surface area contributed by atoms with E-state index in [2.05, 4.69) is 15.4 Å². The van der Waals surface area contributed by atoms with Gasteiger partial charge in [-0.25, -0.2) is 4.79 Å². The van der Waals surface area contributed by atoms with Crippen LogP contribution in [0.1, 0.15) is 20.8 Å². The van der Waals surface area contributed by atoms with E-state index in [0.29, 0.717) is 18.7 Å². The van der Waals surface area contributed by atoms with Gasteiger partial charge in [0.1, 0.15) is 0 Å². The SMILES string of the molecule is O=C(NCCn1ccc(C(=O)O)n1)c1ccc2ncccc2c1. The van der Waals surface area contributed by atoms with E-state index in [1.54, 1.807) is 30.6 Å². The summed E-state index contributed by atoms with van der Waals surface area (Å²) in [6.07, 6.45) is 3.27. The Labute approximate surface area is 131 Å². The van der Waals surface area contributed by atoms with E-state index >= 15 is 0 Å². The summed E-state index contributed by atoms with van der Waals surface area (Å²) in [4.78, 5) is 27.1. The molecule has 7 nitrogen and oxygen atoms in total. The Morgan fingerprint density at radius 3 is 2.87 bits per heavy atom. The largest absolute Gasteiger partial charge is 0.476 e. The van der Waals surface area contributed by atoms with E-state index in [9.17, 15) is 9.59 Å². The van der Waals surface area contributed by atoms with Crippen molar-refractivity contribution in [2.24, 2.45) is 0 Å². The number of aromatic nitrogens is 3. The summed E-state index contributed by atoms with van der Waals surface area (Å²) >= 11 is 0. The zero-order valence-electron chi connectivity index (χ0n) is 12.1. The summed E-state index contributed by atoms with van der Waals surface area (Å²) in [6, 6.07) is 10.4. The minimum absolute atomic E-state index is 0.0154. The van der Waals surface area contributed by atoms with Crippen molar-refractivity contribution in [1.29, 1.82) is 0 Å². The first-order chi connectivity index (χ1) is 11.1. The van der Waals surface area contributed by atoms with E-state index < -0.39 is 5.97 Å². The van der Waals surface area contributed by atoms with Gasteiger partial charge < -0.3 is 10.4 Å². The lowest BCUT2D eigenvalue weighted by Gasteiger charge is -2.06. The van der Waals surface area contributed by atoms with Gasteiger partial charge in [-0.05, 0) is 30.3 Å². The summed E-state index contributed by atoms with van der Waals surface area (Å²) < 4.78 is 1.48. The van der Waals surface area contributed by atoms with Crippen molar-refractivity contribution >= 4 is 22.8 Å². The molecule has 1 amide bonds. The fourth-order valence-corrected chi connectivity index (χ4v) is 2.20. The van der Waals surface area contributed by atoms with Crippen molar-refractivity contribution in [1.82, 2.24) is 20.1 Å². The molecule has 0 atom stereocenters. The van der Waals surface area contributed by atoms with Gasteiger partial charge in [0.05, 0.1) is 12.1 Å². The summed E-state index contributed by atoms with van der Waals surface area (Å²) in [5, 5.41) is 16.4. The van der Waals surface area contributed by atoms with Crippen molar-refractivity contribution in [3.63, 3.8) is 0 Å². The third-order valence-electron chi connectivity index (χ3n) is 3.35. The molecule has 23 heavy (non-hydrogen) atoms. The van der Waals surface area contributed by atoms with E-state index in [1.807, 2.05) is 12.1 Å². The molecule has 3 rings (SSSR count). The van der Waals surface area contributed by atoms with Crippen molar-refractivity contribution in [2.75, 3.05) is 6.54 Å². The number of carboxylic acid groups (broad SMARTS) is 1.